The van der Waals surface area contributed by atoms with Crippen molar-refractivity contribution < 1.29 is 4.79 Å². The number of fused-ring (bicyclic) bond motifs is 2. The van der Waals surface area contributed by atoms with Crippen molar-refractivity contribution in [3.63, 3.8) is 0 Å². The Labute approximate surface area is 174 Å². The third-order valence-electron chi connectivity index (χ3n) is 4.78. The van der Waals surface area contributed by atoms with Gasteiger partial charge in [-0.2, -0.15) is 0 Å². The number of hydrogen-bond acceptors (Lipinski definition) is 6. The van der Waals surface area contributed by atoms with Crippen LogP contribution in [0.2, 0.25) is 0 Å². The number of anilines is 1. The first kappa shape index (κ1) is 18.0. The van der Waals surface area contributed by atoms with Crippen molar-refractivity contribution in [2.45, 2.75) is 20.8 Å². The summed E-state index contributed by atoms with van der Waals surface area (Å²) in [5.74, 6) is 1.41. The van der Waals surface area contributed by atoms with Crippen molar-refractivity contribution in [2.75, 3.05) is 5.32 Å². The lowest BCUT2D eigenvalue weighted by Crippen LogP contribution is -2.11. The fourth-order valence-electron chi connectivity index (χ4n) is 3.50. The van der Waals surface area contributed by atoms with Crippen molar-refractivity contribution in [3.05, 3.63) is 57.7 Å². The predicted octanol–water partition coefficient (Wildman–Crippen LogP) is 5.47. The zero-order valence-corrected chi connectivity index (χ0v) is 17.7. The normalized spacial score (nSPS) is 11.4. The topological polar surface area (TPSA) is 83.6 Å². The van der Waals surface area contributed by atoms with Gasteiger partial charge in [-0.1, -0.05) is 6.07 Å². The van der Waals surface area contributed by atoms with E-state index in [4.69, 9.17) is 0 Å². The number of benzene rings is 1. The Hall–Kier alpha value is -3.10. The highest BCUT2D eigenvalue weighted by Gasteiger charge is 2.19. The van der Waals surface area contributed by atoms with Gasteiger partial charge in [0.05, 0.1) is 20.8 Å². The molecule has 2 N–H and O–H groups in total. The molecule has 0 atom stereocenters. The zero-order chi connectivity index (χ0) is 20.1. The maximum absolute atomic E-state index is 13.0. The second-order valence-electron chi connectivity index (χ2n) is 6.84. The van der Waals surface area contributed by atoms with Crippen molar-refractivity contribution in [1.82, 2.24) is 19.9 Å². The van der Waals surface area contributed by atoms with Gasteiger partial charge in [-0.15, -0.1) is 22.7 Å². The van der Waals surface area contributed by atoms with Crippen LogP contribution in [0.25, 0.3) is 32.0 Å². The summed E-state index contributed by atoms with van der Waals surface area (Å²) < 4.78 is 0. The summed E-state index contributed by atoms with van der Waals surface area (Å²) in [4.78, 5) is 32.4. The van der Waals surface area contributed by atoms with Crippen LogP contribution in [0.1, 0.15) is 26.8 Å². The van der Waals surface area contributed by atoms with E-state index in [1.165, 1.54) is 11.3 Å². The first-order chi connectivity index (χ1) is 14.0. The highest BCUT2D eigenvalue weighted by atomic mass is 32.1. The summed E-state index contributed by atoms with van der Waals surface area (Å²) in [6.45, 7) is 5.77. The molecular weight excluding hydrogens is 402 g/mol. The highest BCUT2D eigenvalue weighted by molar-refractivity contribution is 7.20. The highest BCUT2D eigenvalue weighted by Crippen LogP contribution is 2.32. The summed E-state index contributed by atoms with van der Waals surface area (Å²) in [6, 6.07) is 9.73. The molecule has 0 saturated carbocycles. The van der Waals surface area contributed by atoms with E-state index < -0.39 is 0 Å². The predicted molar refractivity (Wildman–Crippen MR) is 119 cm³/mol. The van der Waals surface area contributed by atoms with Crippen LogP contribution in [0.15, 0.2) is 35.7 Å². The molecule has 5 rings (SSSR count). The summed E-state index contributed by atoms with van der Waals surface area (Å²) >= 11 is 3.04. The molecule has 0 aliphatic carbocycles. The van der Waals surface area contributed by atoms with E-state index in [-0.39, 0.29) is 5.91 Å². The van der Waals surface area contributed by atoms with Gasteiger partial charge in [0.15, 0.2) is 0 Å². The Balaban J connectivity index is 1.47. The SMILES string of the molecule is Cc1nc(C)c2c(C)c(C(=O)Nc3ccc4nc(-c5cccs5)[nH]c4c3)sc2n1. The van der Waals surface area contributed by atoms with Crippen molar-refractivity contribution in [1.29, 1.82) is 0 Å². The number of aromatic nitrogens is 4. The zero-order valence-electron chi connectivity index (χ0n) is 16.0. The van der Waals surface area contributed by atoms with Crippen LogP contribution < -0.4 is 5.32 Å². The van der Waals surface area contributed by atoms with E-state index in [1.54, 1.807) is 11.3 Å². The molecule has 1 aromatic carbocycles. The molecule has 8 heteroatoms. The van der Waals surface area contributed by atoms with Crippen molar-refractivity contribution >= 4 is 55.5 Å². The Kier molecular flexibility index (Phi) is 4.18. The fraction of sp³-hybridized carbons (Fsp3) is 0.143. The van der Waals surface area contributed by atoms with E-state index in [0.717, 1.165) is 54.7 Å². The number of aromatic amines is 1. The number of carbonyl (C=O) groups excluding carboxylic acids is 1. The van der Waals surface area contributed by atoms with Crippen LogP contribution >= 0.6 is 22.7 Å². The largest absolute Gasteiger partial charge is 0.337 e. The number of nitrogens with one attached hydrogen (secondary N) is 2. The second-order valence-corrected chi connectivity index (χ2v) is 8.79. The van der Waals surface area contributed by atoms with Gasteiger partial charge in [0.2, 0.25) is 0 Å². The van der Waals surface area contributed by atoms with E-state index in [2.05, 4.69) is 25.3 Å². The van der Waals surface area contributed by atoms with Gasteiger partial charge in [-0.3, -0.25) is 4.79 Å². The minimum atomic E-state index is -0.139. The van der Waals surface area contributed by atoms with Crippen molar-refractivity contribution in [3.8, 4) is 10.7 Å². The van der Waals surface area contributed by atoms with Crippen LogP contribution in [-0.4, -0.2) is 25.8 Å². The molecule has 5 aromatic rings. The minimum Gasteiger partial charge on any atom is -0.337 e. The summed E-state index contributed by atoms with van der Waals surface area (Å²) in [6.07, 6.45) is 0. The average molecular weight is 420 g/mol. The second kappa shape index (κ2) is 6.75. The lowest BCUT2D eigenvalue weighted by atomic mass is 10.1. The van der Waals surface area contributed by atoms with Gasteiger partial charge in [0, 0.05) is 16.8 Å². The van der Waals surface area contributed by atoms with Crippen LogP contribution in [0, 0.1) is 20.8 Å². The molecule has 0 aliphatic rings. The number of nitrogens with zero attached hydrogens (tertiary/aromatic N) is 3. The average Bonchev–Trinajstić information content (AvgIpc) is 3.39. The fourth-order valence-corrected chi connectivity index (χ4v) is 5.34. The number of H-pyrrole nitrogens is 1. The number of hydrogen-bond donors (Lipinski definition) is 2. The van der Waals surface area contributed by atoms with Gasteiger partial charge in [0.25, 0.3) is 5.91 Å². The van der Waals surface area contributed by atoms with Crippen molar-refractivity contribution in [2.24, 2.45) is 0 Å². The maximum atomic E-state index is 13.0. The molecule has 29 heavy (non-hydrogen) atoms. The van der Waals surface area contributed by atoms with E-state index in [0.29, 0.717) is 4.88 Å². The first-order valence-electron chi connectivity index (χ1n) is 9.09. The molecule has 0 spiro atoms. The van der Waals surface area contributed by atoms with E-state index in [1.807, 2.05) is 56.5 Å². The molecule has 1 amide bonds. The quantitative estimate of drug-likeness (QED) is 0.406. The third kappa shape index (κ3) is 3.10. The number of imidazole rings is 1. The number of carbonyl (C=O) groups is 1. The minimum absolute atomic E-state index is 0.139. The van der Waals surface area contributed by atoms with Crippen LogP contribution in [0.5, 0.6) is 0 Å². The van der Waals surface area contributed by atoms with Crippen LogP contribution in [0.3, 0.4) is 0 Å². The molecule has 0 fully saturated rings. The third-order valence-corrected chi connectivity index (χ3v) is 6.84. The molecule has 0 aliphatic heterocycles. The molecule has 0 radical (unpaired) electrons. The molecule has 4 aromatic heterocycles. The van der Waals surface area contributed by atoms with Gasteiger partial charge in [-0.25, -0.2) is 15.0 Å². The molecule has 144 valence electrons. The number of amides is 1. The summed E-state index contributed by atoms with van der Waals surface area (Å²) in [5, 5.41) is 6.00. The molecule has 0 bridgehead atoms. The van der Waals surface area contributed by atoms with Gasteiger partial charge >= 0.3 is 0 Å². The standard InChI is InChI=1S/C21H17N5OS2/c1-10-17-11(2)22-12(3)23-21(17)29-18(10)20(27)24-13-6-7-14-15(9-13)26-19(25-14)16-5-4-8-28-16/h4-9H,1-3H3,(H,24,27)(H,25,26). The Morgan fingerprint density at radius 2 is 1.97 bits per heavy atom. The Bertz CT molecular complexity index is 1380. The molecule has 0 unspecified atom stereocenters. The van der Waals surface area contributed by atoms with E-state index in [9.17, 15) is 4.79 Å². The van der Waals surface area contributed by atoms with E-state index >= 15 is 0 Å². The number of thiophene rings is 2. The summed E-state index contributed by atoms with van der Waals surface area (Å²) in [5.41, 5.74) is 4.30. The molecule has 6 nitrogen and oxygen atoms in total. The Morgan fingerprint density at radius 1 is 1.10 bits per heavy atom. The Morgan fingerprint density at radius 3 is 2.76 bits per heavy atom. The van der Waals surface area contributed by atoms with Crippen LogP contribution in [-0.2, 0) is 0 Å². The lowest BCUT2D eigenvalue weighted by molar-refractivity contribution is 0.103. The van der Waals surface area contributed by atoms with Gasteiger partial charge in [0.1, 0.15) is 16.5 Å². The smallest absolute Gasteiger partial charge is 0.266 e. The molecule has 0 saturated heterocycles. The summed E-state index contributed by atoms with van der Waals surface area (Å²) in [7, 11) is 0. The first-order valence-corrected chi connectivity index (χ1v) is 10.8. The lowest BCUT2D eigenvalue weighted by Gasteiger charge is -2.04. The number of rotatable bonds is 3. The monoisotopic (exact) mass is 419 g/mol. The molecular formula is C21H17N5OS2. The van der Waals surface area contributed by atoms with Gasteiger partial charge in [-0.05, 0) is 56.0 Å². The van der Waals surface area contributed by atoms with Crippen LogP contribution in [0.4, 0.5) is 5.69 Å². The molecule has 4 heterocycles. The maximum Gasteiger partial charge on any atom is 0.266 e. The van der Waals surface area contributed by atoms with Gasteiger partial charge < -0.3 is 10.3 Å². The number of aryl methyl sites for hydroxylation is 3.